The van der Waals surface area contributed by atoms with E-state index in [-0.39, 0.29) is 6.09 Å². The molecular weight excluding hydrogens is 389 g/mol. The number of carbonyl (C=O) groups excluding carboxylic acids is 1. The van der Waals surface area contributed by atoms with E-state index >= 15 is 0 Å². The highest BCUT2D eigenvalue weighted by atomic mass is 127. The second kappa shape index (κ2) is 9.46. The summed E-state index contributed by atoms with van der Waals surface area (Å²) in [6, 6.07) is 20.0. The molecule has 0 aliphatic heterocycles. The molecule has 0 bridgehead atoms. The van der Waals surface area contributed by atoms with E-state index in [1.54, 1.807) is 0 Å². The molecule has 1 unspecified atom stereocenters. The minimum atomic E-state index is -0.355. The highest BCUT2D eigenvalue weighted by molar-refractivity contribution is 14.1. The fourth-order valence-corrected chi connectivity index (χ4v) is 2.75. The van der Waals surface area contributed by atoms with E-state index in [9.17, 15) is 4.79 Å². The van der Waals surface area contributed by atoms with Crippen molar-refractivity contribution >= 4 is 28.7 Å². The maximum atomic E-state index is 11.8. The van der Waals surface area contributed by atoms with Crippen molar-refractivity contribution in [1.29, 1.82) is 0 Å². The smallest absolute Gasteiger partial charge is 0.407 e. The van der Waals surface area contributed by atoms with Crippen molar-refractivity contribution in [2.45, 2.75) is 13.0 Å². The lowest BCUT2D eigenvalue weighted by Gasteiger charge is -2.15. The monoisotopic (exact) mass is 409 g/mol. The Morgan fingerprint density at radius 1 is 1.00 bits per heavy atom. The summed E-state index contributed by atoms with van der Waals surface area (Å²) in [6.07, 6.45) is 0.606. The molecule has 0 fully saturated rings. The van der Waals surface area contributed by atoms with Gasteiger partial charge in [0.2, 0.25) is 0 Å². The summed E-state index contributed by atoms with van der Waals surface area (Å²) in [5.74, 6) is 0.410. The van der Waals surface area contributed by atoms with Gasteiger partial charge < -0.3 is 10.1 Å². The Hall–Kier alpha value is -1.56. The van der Waals surface area contributed by atoms with Gasteiger partial charge in [0.05, 0.1) is 0 Å². The Balaban J connectivity index is 1.72. The van der Waals surface area contributed by atoms with Crippen LogP contribution in [0, 0.1) is 5.92 Å². The summed E-state index contributed by atoms with van der Waals surface area (Å²) in [6.45, 7) is 0.936. The van der Waals surface area contributed by atoms with Crippen LogP contribution in [0.5, 0.6) is 0 Å². The van der Waals surface area contributed by atoms with Crippen LogP contribution in [-0.2, 0) is 17.8 Å². The molecule has 2 rings (SSSR count). The van der Waals surface area contributed by atoms with Gasteiger partial charge in [-0.1, -0.05) is 83.3 Å². The van der Waals surface area contributed by atoms with Gasteiger partial charge in [0, 0.05) is 11.0 Å². The summed E-state index contributed by atoms with van der Waals surface area (Å²) in [5, 5.41) is 2.86. The zero-order valence-corrected chi connectivity index (χ0v) is 14.5. The van der Waals surface area contributed by atoms with Gasteiger partial charge in [-0.3, -0.25) is 0 Å². The molecule has 22 heavy (non-hydrogen) atoms. The van der Waals surface area contributed by atoms with Gasteiger partial charge in [-0.2, -0.15) is 0 Å². The molecule has 1 amide bonds. The van der Waals surface area contributed by atoms with Crippen molar-refractivity contribution in [3.05, 3.63) is 71.8 Å². The Bertz CT molecular complexity index is 560. The third-order valence-electron chi connectivity index (χ3n) is 3.33. The lowest BCUT2D eigenvalue weighted by Crippen LogP contribution is -2.31. The van der Waals surface area contributed by atoms with Gasteiger partial charge in [-0.15, -0.1) is 0 Å². The number of alkyl halides is 1. The van der Waals surface area contributed by atoms with E-state index < -0.39 is 0 Å². The molecule has 0 saturated heterocycles. The van der Waals surface area contributed by atoms with Crippen molar-refractivity contribution < 1.29 is 9.53 Å². The average molecular weight is 409 g/mol. The van der Waals surface area contributed by atoms with Crippen LogP contribution in [0.1, 0.15) is 11.1 Å². The summed E-state index contributed by atoms with van der Waals surface area (Å²) in [5.41, 5.74) is 2.29. The van der Waals surface area contributed by atoms with Crippen LogP contribution >= 0.6 is 22.6 Å². The van der Waals surface area contributed by atoms with Crippen LogP contribution in [0.3, 0.4) is 0 Å². The zero-order chi connectivity index (χ0) is 15.6. The number of nitrogens with one attached hydrogen (secondary N) is 1. The molecule has 0 aliphatic carbocycles. The molecule has 0 spiro atoms. The molecule has 0 aliphatic rings. The number of hydrogen-bond donors (Lipinski definition) is 1. The molecule has 0 heterocycles. The van der Waals surface area contributed by atoms with Crippen molar-refractivity contribution in [3.63, 3.8) is 0 Å². The van der Waals surface area contributed by atoms with Crippen LogP contribution in [0.4, 0.5) is 4.79 Å². The highest BCUT2D eigenvalue weighted by Crippen LogP contribution is 2.11. The van der Waals surface area contributed by atoms with Gasteiger partial charge in [0.25, 0.3) is 0 Å². The summed E-state index contributed by atoms with van der Waals surface area (Å²) < 4.78 is 6.21. The van der Waals surface area contributed by atoms with Gasteiger partial charge >= 0.3 is 6.09 Å². The Kier molecular flexibility index (Phi) is 7.22. The van der Waals surface area contributed by atoms with Crippen molar-refractivity contribution in [2.75, 3.05) is 11.0 Å². The first-order valence-corrected chi connectivity index (χ1v) is 8.85. The summed E-state index contributed by atoms with van der Waals surface area (Å²) >= 11 is 2.36. The van der Waals surface area contributed by atoms with E-state index in [0.717, 1.165) is 16.4 Å². The molecule has 3 nitrogen and oxygen atoms in total. The van der Waals surface area contributed by atoms with Crippen molar-refractivity contribution in [2.24, 2.45) is 5.92 Å². The third kappa shape index (κ3) is 6.05. The number of alkyl carbamates (subject to hydrolysis) is 1. The van der Waals surface area contributed by atoms with Gasteiger partial charge in [-0.25, -0.2) is 4.79 Å². The predicted molar refractivity (Wildman–Crippen MR) is 97.2 cm³/mol. The van der Waals surface area contributed by atoms with Crippen LogP contribution in [0.2, 0.25) is 0 Å². The number of ether oxygens (including phenoxy) is 1. The van der Waals surface area contributed by atoms with E-state index in [1.165, 1.54) is 5.56 Å². The van der Waals surface area contributed by atoms with Crippen LogP contribution < -0.4 is 5.32 Å². The molecule has 2 aromatic rings. The molecule has 1 N–H and O–H groups in total. The van der Waals surface area contributed by atoms with Gasteiger partial charge in [0.15, 0.2) is 0 Å². The molecular formula is C18H20INO2. The molecule has 2 aromatic carbocycles. The molecule has 0 aromatic heterocycles. The van der Waals surface area contributed by atoms with Crippen LogP contribution in [0.15, 0.2) is 60.7 Å². The standard InChI is InChI=1S/C18H20INO2/c19-12-17(11-15-7-3-1-4-8-15)13-20-18(21)22-14-16-9-5-2-6-10-16/h1-10,17H,11-14H2,(H,20,21). The number of hydrogen-bond acceptors (Lipinski definition) is 2. The first-order valence-electron chi connectivity index (χ1n) is 7.32. The van der Waals surface area contributed by atoms with E-state index in [0.29, 0.717) is 19.1 Å². The average Bonchev–Trinajstić information content (AvgIpc) is 2.58. The van der Waals surface area contributed by atoms with Crippen molar-refractivity contribution in [1.82, 2.24) is 5.32 Å². The molecule has 1 atom stereocenters. The molecule has 4 heteroatoms. The maximum absolute atomic E-state index is 11.8. The highest BCUT2D eigenvalue weighted by Gasteiger charge is 2.11. The molecule has 0 radical (unpaired) electrons. The van der Waals surface area contributed by atoms with E-state index in [4.69, 9.17) is 4.74 Å². The van der Waals surface area contributed by atoms with Gasteiger partial charge in [0.1, 0.15) is 6.61 Å². The molecule has 116 valence electrons. The Morgan fingerprint density at radius 2 is 1.59 bits per heavy atom. The maximum Gasteiger partial charge on any atom is 0.407 e. The largest absolute Gasteiger partial charge is 0.445 e. The SMILES string of the molecule is O=C(NCC(CI)Cc1ccccc1)OCc1ccccc1. The molecule has 0 saturated carbocycles. The first-order chi connectivity index (χ1) is 10.8. The Morgan fingerprint density at radius 3 is 2.18 bits per heavy atom. The topological polar surface area (TPSA) is 38.3 Å². The minimum absolute atomic E-state index is 0.306. The number of rotatable bonds is 7. The van der Waals surface area contributed by atoms with Crippen LogP contribution in [0.25, 0.3) is 0 Å². The summed E-state index contributed by atoms with van der Waals surface area (Å²) in [4.78, 5) is 11.8. The normalized spacial score (nSPS) is 11.7. The predicted octanol–water partition coefficient (Wildman–Crippen LogP) is 4.21. The lowest BCUT2D eigenvalue weighted by molar-refractivity contribution is 0.138. The second-order valence-electron chi connectivity index (χ2n) is 5.15. The van der Waals surface area contributed by atoms with Crippen LogP contribution in [-0.4, -0.2) is 17.1 Å². The Labute approximate surface area is 145 Å². The second-order valence-corrected chi connectivity index (χ2v) is 6.03. The fraction of sp³-hybridized carbons (Fsp3) is 0.278. The fourth-order valence-electron chi connectivity index (χ4n) is 2.13. The quantitative estimate of drug-likeness (QED) is 0.550. The zero-order valence-electron chi connectivity index (χ0n) is 12.4. The number of carbonyl (C=O) groups is 1. The third-order valence-corrected chi connectivity index (χ3v) is 4.58. The number of amides is 1. The van der Waals surface area contributed by atoms with E-state index in [2.05, 4.69) is 40.0 Å². The number of halogens is 1. The first kappa shape index (κ1) is 16.8. The summed E-state index contributed by atoms with van der Waals surface area (Å²) in [7, 11) is 0. The lowest BCUT2D eigenvalue weighted by atomic mass is 10.0. The van der Waals surface area contributed by atoms with Gasteiger partial charge in [-0.05, 0) is 23.5 Å². The van der Waals surface area contributed by atoms with Crippen molar-refractivity contribution in [3.8, 4) is 0 Å². The van der Waals surface area contributed by atoms with E-state index in [1.807, 2.05) is 48.5 Å². The number of benzene rings is 2. The minimum Gasteiger partial charge on any atom is -0.445 e.